The van der Waals surface area contributed by atoms with Gasteiger partial charge in [-0.1, -0.05) is 55.0 Å². The van der Waals surface area contributed by atoms with Crippen LogP contribution in [0.15, 0.2) is 58.1 Å². The first-order valence-electron chi connectivity index (χ1n) is 10.6. The van der Waals surface area contributed by atoms with Gasteiger partial charge in [-0.15, -0.1) is 0 Å². The molecule has 1 aromatic heterocycles. The van der Waals surface area contributed by atoms with Crippen molar-refractivity contribution < 1.29 is 17.5 Å². The van der Waals surface area contributed by atoms with Gasteiger partial charge in [0, 0.05) is 6.42 Å². The number of fused-ring (bicyclic) bond motifs is 5. The van der Waals surface area contributed by atoms with Crippen LogP contribution in [0.3, 0.4) is 0 Å². The van der Waals surface area contributed by atoms with Gasteiger partial charge in [0.25, 0.3) is 11.1 Å². The number of Topliss-reactive ketones (excluding diaryl/α,β-unsaturated/α-hetero) is 1. The van der Waals surface area contributed by atoms with Gasteiger partial charge in [-0.25, -0.2) is 0 Å². The van der Waals surface area contributed by atoms with Crippen molar-refractivity contribution in [3.63, 3.8) is 0 Å². The Kier molecular flexibility index (Phi) is 4.40. The normalized spacial score (nSPS) is 24.3. The lowest BCUT2D eigenvalue weighted by molar-refractivity contribution is -0.128. The molecule has 7 nitrogen and oxygen atoms in total. The summed E-state index contributed by atoms with van der Waals surface area (Å²) < 4.78 is 31.9. The van der Waals surface area contributed by atoms with Crippen LogP contribution in [-0.4, -0.2) is 24.7 Å². The number of carbonyl (C=O) groups excluding carboxylic acids is 1. The van der Waals surface area contributed by atoms with Crippen molar-refractivity contribution in [1.82, 2.24) is 4.73 Å². The van der Waals surface area contributed by atoms with Gasteiger partial charge in [-0.2, -0.15) is 8.42 Å². The SMILES string of the molecule is CC1(C)C2CCC1(CS(=O)(=O)On1c(=O)c3ccccc3c3ccccc3c1=O)C(=O)C2. The summed E-state index contributed by atoms with van der Waals surface area (Å²) >= 11 is 0. The Balaban J connectivity index is 1.69. The average molecular weight is 454 g/mol. The second kappa shape index (κ2) is 6.75. The summed E-state index contributed by atoms with van der Waals surface area (Å²) in [4.78, 5) is 39.2. The molecule has 0 aliphatic heterocycles. The predicted octanol–water partition coefficient (Wildman–Crippen LogP) is 2.67. The molecule has 2 saturated carbocycles. The quantitative estimate of drug-likeness (QED) is 0.602. The number of nitrogens with zero attached hydrogens (tertiary/aromatic N) is 1. The molecule has 2 fully saturated rings. The van der Waals surface area contributed by atoms with Gasteiger partial charge in [0.05, 0.1) is 16.2 Å². The fourth-order valence-corrected chi connectivity index (χ4v) is 7.43. The number of carbonyl (C=O) groups is 1. The van der Waals surface area contributed by atoms with Gasteiger partial charge in [0.15, 0.2) is 0 Å². The maximum Gasteiger partial charge on any atom is 0.328 e. The molecule has 1 heterocycles. The standard InChI is InChI=1S/C24H23NO6S/c1-23(2)15-11-12-24(23,20(26)13-15)14-32(29,30)31-25-21(27)18-9-5-3-7-16(18)17-8-4-6-10-19(17)22(25)28/h3-10,15H,11-14H2,1-2H3. The van der Waals surface area contributed by atoms with E-state index in [2.05, 4.69) is 0 Å². The zero-order chi connectivity index (χ0) is 22.9. The van der Waals surface area contributed by atoms with Crippen LogP contribution in [-0.2, 0) is 14.9 Å². The largest absolute Gasteiger partial charge is 0.328 e. The van der Waals surface area contributed by atoms with Gasteiger partial charge < -0.3 is 0 Å². The number of ketones is 1. The zero-order valence-electron chi connectivity index (χ0n) is 17.8. The van der Waals surface area contributed by atoms with E-state index in [0.29, 0.717) is 28.3 Å². The van der Waals surface area contributed by atoms with E-state index in [-0.39, 0.29) is 22.5 Å². The third-order valence-electron chi connectivity index (χ3n) is 7.72. The molecule has 0 N–H and O–H groups in total. The van der Waals surface area contributed by atoms with Crippen molar-refractivity contribution >= 4 is 37.4 Å². The minimum atomic E-state index is -4.44. The average Bonchev–Trinajstić information content (AvgIpc) is 3.07. The number of benzene rings is 2. The minimum absolute atomic E-state index is 0.0878. The summed E-state index contributed by atoms with van der Waals surface area (Å²) in [6.45, 7) is 3.83. The fraction of sp³-hybridized carbons (Fsp3) is 0.375. The highest BCUT2D eigenvalue weighted by molar-refractivity contribution is 7.86. The lowest BCUT2D eigenvalue weighted by atomic mass is 9.70. The molecule has 0 spiro atoms. The van der Waals surface area contributed by atoms with Crippen molar-refractivity contribution in [2.45, 2.75) is 33.1 Å². The summed E-state index contributed by atoms with van der Waals surface area (Å²) in [5, 5.41) is 1.37. The molecule has 0 saturated heterocycles. The number of hydrogen-bond acceptors (Lipinski definition) is 6. The van der Waals surface area contributed by atoms with Gasteiger partial charge >= 0.3 is 10.1 Å². The van der Waals surface area contributed by atoms with Gasteiger partial charge in [0.1, 0.15) is 11.5 Å². The molecule has 3 aromatic rings. The first-order valence-corrected chi connectivity index (χ1v) is 12.2. The van der Waals surface area contributed by atoms with E-state index in [9.17, 15) is 22.8 Å². The number of hydrogen-bond donors (Lipinski definition) is 0. The van der Waals surface area contributed by atoms with Crippen LogP contribution in [0.4, 0.5) is 0 Å². The van der Waals surface area contributed by atoms with Crippen LogP contribution >= 0.6 is 0 Å². The van der Waals surface area contributed by atoms with Crippen LogP contribution in [0.5, 0.6) is 0 Å². The summed E-state index contributed by atoms with van der Waals surface area (Å²) in [5.41, 5.74) is -3.27. The van der Waals surface area contributed by atoms with Crippen molar-refractivity contribution in [3.8, 4) is 0 Å². The van der Waals surface area contributed by atoms with E-state index in [1.54, 1.807) is 36.4 Å². The molecule has 2 aromatic carbocycles. The third-order valence-corrected chi connectivity index (χ3v) is 8.95. The van der Waals surface area contributed by atoms with Crippen molar-refractivity contribution in [2.24, 2.45) is 16.7 Å². The van der Waals surface area contributed by atoms with E-state index < -0.39 is 37.8 Å². The van der Waals surface area contributed by atoms with E-state index >= 15 is 0 Å². The molecule has 2 aliphatic carbocycles. The Morgan fingerprint density at radius 2 is 1.41 bits per heavy atom. The number of aromatic nitrogens is 1. The van der Waals surface area contributed by atoms with E-state index in [1.807, 2.05) is 13.8 Å². The van der Waals surface area contributed by atoms with E-state index in [1.165, 1.54) is 12.1 Å². The van der Waals surface area contributed by atoms with Crippen LogP contribution in [0.2, 0.25) is 0 Å². The van der Waals surface area contributed by atoms with Crippen LogP contribution in [0.1, 0.15) is 33.1 Å². The highest BCUT2D eigenvalue weighted by Gasteiger charge is 2.65. The molecule has 166 valence electrons. The topological polar surface area (TPSA) is 99.5 Å². The minimum Gasteiger partial charge on any atom is -0.299 e. The molecular formula is C24H23NO6S. The van der Waals surface area contributed by atoms with Crippen LogP contribution in [0.25, 0.3) is 21.5 Å². The fourth-order valence-electron chi connectivity index (χ4n) is 5.74. The zero-order valence-corrected chi connectivity index (χ0v) is 18.6. The molecule has 2 atom stereocenters. The van der Waals surface area contributed by atoms with Gasteiger partial charge in [-0.3, -0.25) is 18.7 Å². The molecular weight excluding hydrogens is 430 g/mol. The lowest BCUT2D eigenvalue weighted by Crippen LogP contribution is -2.47. The molecule has 0 radical (unpaired) electrons. The molecule has 2 bridgehead atoms. The Morgan fingerprint density at radius 1 is 0.906 bits per heavy atom. The van der Waals surface area contributed by atoms with Crippen molar-refractivity contribution in [1.29, 1.82) is 0 Å². The van der Waals surface area contributed by atoms with E-state index in [4.69, 9.17) is 4.28 Å². The van der Waals surface area contributed by atoms with Crippen LogP contribution < -0.4 is 15.4 Å². The highest BCUT2D eigenvalue weighted by Crippen LogP contribution is 2.64. The summed E-state index contributed by atoms with van der Waals surface area (Å²) in [7, 11) is -4.44. The monoisotopic (exact) mass is 453 g/mol. The molecule has 8 heteroatoms. The summed E-state index contributed by atoms with van der Waals surface area (Å²) in [6, 6.07) is 13.2. The summed E-state index contributed by atoms with van der Waals surface area (Å²) in [5.74, 6) is -0.511. The molecule has 5 rings (SSSR count). The van der Waals surface area contributed by atoms with Crippen molar-refractivity contribution in [3.05, 3.63) is 69.2 Å². The highest BCUT2D eigenvalue weighted by atomic mass is 32.2. The second-order valence-electron chi connectivity index (χ2n) is 9.44. The maximum atomic E-state index is 13.2. The smallest absolute Gasteiger partial charge is 0.299 e. The Bertz CT molecular complexity index is 1450. The van der Waals surface area contributed by atoms with Gasteiger partial charge in [0.2, 0.25) is 0 Å². The third kappa shape index (κ3) is 2.78. The van der Waals surface area contributed by atoms with Crippen molar-refractivity contribution in [2.75, 3.05) is 5.75 Å². The summed E-state index contributed by atoms with van der Waals surface area (Å²) in [6.07, 6.45) is 1.58. The Morgan fingerprint density at radius 3 is 1.84 bits per heavy atom. The molecule has 2 unspecified atom stereocenters. The first-order chi connectivity index (χ1) is 15.1. The molecule has 0 amide bonds. The Hall–Kier alpha value is -3.00. The van der Waals surface area contributed by atoms with E-state index in [0.717, 1.165) is 6.42 Å². The Labute approximate surface area is 184 Å². The predicted molar refractivity (Wildman–Crippen MR) is 121 cm³/mol. The van der Waals surface area contributed by atoms with Gasteiger partial charge in [-0.05, 0) is 47.1 Å². The number of rotatable bonds is 4. The second-order valence-corrected chi connectivity index (χ2v) is 11.0. The molecule has 32 heavy (non-hydrogen) atoms. The first kappa shape index (κ1) is 20.9. The van der Waals surface area contributed by atoms with Crippen LogP contribution in [0, 0.1) is 16.7 Å². The lowest BCUT2D eigenvalue weighted by Gasteiger charge is -2.35. The molecule has 2 aliphatic rings. The maximum absolute atomic E-state index is 13.2.